The van der Waals surface area contributed by atoms with E-state index in [1.165, 1.54) is 16.5 Å². The number of rotatable bonds is 3. The van der Waals surface area contributed by atoms with E-state index in [1.807, 2.05) is 19.2 Å². The second-order valence-corrected chi connectivity index (χ2v) is 3.85. The van der Waals surface area contributed by atoms with Crippen molar-refractivity contribution in [1.82, 2.24) is 9.99 Å². The number of hydrogen-bond donors (Lipinski definition) is 2. The smallest absolute Gasteiger partial charge is 0.234 e. The third-order valence-corrected chi connectivity index (χ3v) is 2.76. The van der Waals surface area contributed by atoms with Gasteiger partial charge in [0, 0.05) is 30.6 Å². The lowest BCUT2D eigenvalue weighted by atomic mass is 10.1. The summed E-state index contributed by atoms with van der Waals surface area (Å²) >= 11 is 0. The van der Waals surface area contributed by atoms with Gasteiger partial charge in [0.05, 0.1) is 0 Å². The number of hydrogen-bond acceptors (Lipinski definition) is 2. The maximum Gasteiger partial charge on any atom is 0.234 e. The maximum absolute atomic E-state index is 11.1. The summed E-state index contributed by atoms with van der Waals surface area (Å²) in [5, 5.41) is 1.20. The van der Waals surface area contributed by atoms with Crippen LogP contribution in [0.15, 0.2) is 30.5 Å². The van der Waals surface area contributed by atoms with Crippen LogP contribution in [-0.4, -0.2) is 10.5 Å². The normalized spacial score (nSPS) is 10.6. The van der Waals surface area contributed by atoms with Crippen molar-refractivity contribution in [3.63, 3.8) is 0 Å². The third-order valence-electron chi connectivity index (χ3n) is 2.76. The minimum absolute atomic E-state index is 0.132. The molecule has 3 N–H and O–H groups in total. The van der Waals surface area contributed by atoms with Crippen LogP contribution >= 0.6 is 0 Å². The second kappa shape index (κ2) is 4.37. The van der Waals surface area contributed by atoms with E-state index in [1.54, 1.807) is 0 Å². The molecule has 0 unspecified atom stereocenters. The van der Waals surface area contributed by atoms with Gasteiger partial charge in [0.15, 0.2) is 0 Å². The number of aromatic nitrogens is 1. The van der Waals surface area contributed by atoms with Crippen molar-refractivity contribution in [3.8, 4) is 0 Å². The Morgan fingerprint density at radius 1 is 1.44 bits per heavy atom. The van der Waals surface area contributed by atoms with Crippen LogP contribution in [0.1, 0.15) is 12.0 Å². The van der Waals surface area contributed by atoms with Gasteiger partial charge < -0.3 is 4.57 Å². The van der Waals surface area contributed by atoms with Crippen LogP contribution in [0.25, 0.3) is 10.9 Å². The number of amides is 1. The SMILES string of the molecule is Cn1cc(CCC(=O)NN)c2ccccc21. The zero-order valence-corrected chi connectivity index (χ0v) is 9.23. The van der Waals surface area contributed by atoms with Crippen molar-refractivity contribution in [1.29, 1.82) is 0 Å². The summed E-state index contributed by atoms with van der Waals surface area (Å²) < 4.78 is 2.07. The highest BCUT2D eigenvalue weighted by molar-refractivity contribution is 5.84. The van der Waals surface area contributed by atoms with Gasteiger partial charge in [-0.3, -0.25) is 10.2 Å². The Balaban J connectivity index is 2.27. The molecule has 1 amide bonds. The van der Waals surface area contributed by atoms with Crippen molar-refractivity contribution in [2.45, 2.75) is 12.8 Å². The standard InChI is InChI=1S/C12H15N3O/c1-15-8-9(6-7-12(16)14-13)10-4-2-3-5-11(10)15/h2-5,8H,6-7,13H2,1H3,(H,14,16). The topological polar surface area (TPSA) is 60.0 Å². The van der Waals surface area contributed by atoms with Gasteiger partial charge in [-0.05, 0) is 18.1 Å². The molecule has 4 nitrogen and oxygen atoms in total. The maximum atomic E-state index is 11.1. The molecule has 1 aromatic carbocycles. The van der Waals surface area contributed by atoms with Crippen molar-refractivity contribution < 1.29 is 4.79 Å². The fraction of sp³-hybridized carbons (Fsp3) is 0.250. The summed E-state index contributed by atoms with van der Waals surface area (Å²) in [6.07, 6.45) is 3.20. The van der Waals surface area contributed by atoms with Gasteiger partial charge in [0.25, 0.3) is 0 Å². The molecule has 0 saturated heterocycles. The first kappa shape index (κ1) is 10.7. The van der Waals surface area contributed by atoms with E-state index in [0.29, 0.717) is 12.8 Å². The molecule has 1 heterocycles. The molecule has 0 atom stereocenters. The Kier molecular flexibility index (Phi) is 2.92. The van der Waals surface area contributed by atoms with Gasteiger partial charge in [-0.1, -0.05) is 18.2 Å². The molecular weight excluding hydrogens is 202 g/mol. The lowest BCUT2D eigenvalue weighted by molar-refractivity contribution is -0.121. The molecule has 0 bridgehead atoms. The molecule has 2 rings (SSSR count). The fourth-order valence-electron chi connectivity index (χ4n) is 1.95. The van der Waals surface area contributed by atoms with Crippen LogP contribution in [0.5, 0.6) is 0 Å². The molecule has 4 heteroatoms. The first-order chi connectivity index (χ1) is 7.72. The largest absolute Gasteiger partial charge is 0.350 e. The molecule has 0 fully saturated rings. The monoisotopic (exact) mass is 217 g/mol. The highest BCUT2D eigenvalue weighted by Gasteiger charge is 2.07. The number of para-hydroxylation sites is 1. The lowest BCUT2D eigenvalue weighted by Crippen LogP contribution is -2.30. The molecule has 16 heavy (non-hydrogen) atoms. The Hall–Kier alpha value is -1.81. The zero-order valence-electron chi connectivity index (χ0n) is 9.23. The van der Waals surface area contributed by atoms with E-state index in [-0.39, 0.29) is 5.91 Å². The van der Waals surface area contributed by atoms with Gasteiger partial charge in [-0.2, -0.15) is 0 Å². The highest BCUT2D eigenvalue weighted by atomic mass is 16.2. The van der Waals surface area contributed by atoms with E-state index >= 15 is 0 Å². The number of benzene rings is 1. The van der Waals surface area contributed by atoms with Gasteiger partial charge in [-0.15, -0.1) is 0 Å². The summed E-state index contributed by atoms with van der Waals surface area (Å²) in [7, 11) is 2.01. The van der Waals surface area contributed by atoms with E-state index in [0.717, 1.165) is 0 Å². The molecule has 0 saturated carbocycles. The van der Waals surface area contributed by atoms with Crippen LogP contribution in [0.4, 0.5) is 0 Å². The molecule has 0 spiro atoms. The van der Waals surface area contributed by atoms with Crippen LogP contribution < -0.4 is 11.3 Å². The molecule has 0 aliphatic rings. The summed E-state index contributed by atoms with van der Waals surface area (Å²) in [4.78, 5) is 11.1. The fourth-order valence-corrected chi connectivity index (χ4v) is 1.95. The predicted molar refractivity (Wildman–Crippen MR) is 63.6 cm³/mol. The predicted octanol–water partition coefficient (Wildman–Crippen LogP) is 1.10. The lowest BCUT2D eigenvalue weighted by Gasteiger charge is -1.98. The minimum Gasteiger partial charge on any atom is -0.350 e. The highest BCUT2D eigenvalue weighted by Crippen LogP contribution is 2.21. The number of carbonyl (C=O) groups excluding carboxylic acids is 1. The van der Waals surface area contributed by atoms with E-state index in [2.05, 4.69) is 28.3 Å². The van der Waals surface area contributed by atoms with Crippen molar-refractivity contribution in [2.75, 3.05) is 0 Å². The summed E-state index contributed by atoms with van der Waals surface area (Å²) in [5.74, 6) is 4.92. The van der Waals surface area contributed by atoms with E-state index < -0.39 is 0 Å². The first-order valence-electron chi connectivity index (χ1n) is 5.24. The van der Waals surface area contributed by atoms with Gasteiger partial charge in [0.1, 0.15) is 0 Å². The van der Waals surface area contributed by atoms with Gasteiger partial charge in [-0.25, -0.2) is 5.84 Å². The van der Waals surface area contributed by atoms with Gasteiger partial charge in [0.2, 0.25) is 5.91 Å². The summed E-state index contributed by atoms with van der Waals surface area (Å²) in [5.41, 5.74) is 4.51. The molecular formula is C12H15N3O. The average Bonchev–Trinajstić information content (AvgIpc) is 2.64. The van der Waals surface area contributed by atoms with E-state index in [4.69, 9.17) is 5.84 Å². The Morgan fingerprint density at radius 2 is 2.19 bits per heavy atom. The summed E-state index contributed by atoms with van der Waals surface area (Å²) in [6.45, 7) is 0. The molecule has 2 aromatic rings. The number of nitrogens with two attached hydrogens (primary N) is 1. The van der Waals surface area contributed by atoms with Gasteiger partial charge >= 0.3 is 0 Å². The van der Waals surface area contributed by atoms with Crippen molar-refractivity contribution in [2.24, 2.45) is 12.9 Å². The summed E-state index contributed by atoms with van der Waals surface area (Å²) in [6, 6.07) is 8.17. The first-order valence-corrected chi connectivity index (χ1v) is 5.24. The second-order valence-electron chi connectivity index (χ2n) is 3.85. The Bertz CT molecular complexity index is 516. The Labute approximate surface area is 94.0 Å². The molecule has 0 radical (unpaired) electrons. The van der Waals surface area contributed by atoms with Crippen LogP contribution in [-0.2, 0) is 18.3 Å². The molecule has 0 aliphatic carbocycles. The number of aryl methyl sites for hydroxylation is 2. The molecule has 84 valence electrons. The minimum atomic E-state index is -0.132. The Morgan fingerprint density at radius 3 is 2.94 bits per heavy atom. The van der Waals surface area contributed by atoms with Crippen LogP contribution in [0, 0.1) is 0 Å². The van der Waals surface area contributed by atoms with E-state index in [9.17, 15) is 4.79 Å². The number of nitrogens with one attached hydrogen (secondary N) is 1. The third kappa shape index (κ3) is 1.92. The average molecular weight is 217 g/mol. The number of fused-ring (bicyclic) bond motifs is 1. The van der Waals surface area contributed by atoms with Crippen molar-refractivity contribution >= 4 is 16.8 Å². The molecule has 0 aliphatic heterocycles. The molecule has 1 aromatic heterocycles. The van der Waals surface area contributed by atoms with Crippen LogP contribution in [0.3, 0.4) is 0 Å². The zero-order chi connectivity index (χ0) is 11.5. The van der Waals surface area contributed by atoms with Crippen LogP contribution in [0.2, 0.25) is 0 Å². The number of carbonyl (C=O) groups is 1. The van der Waals surface area contributed by atoms with Crippen molar-refractivity contribution in [3.05, 3.63) is 36.0 Å². The number of nitrogens with zero attached hydrogens (tertiary/aromatic N) is 1. The number of hydrazine groups is 1. The quantitative estimate of drug-likeness (QED) is 0.459.